The van der Waals surface area contributed by atoms with Crippen LogP contribution in [0.4, 0.5) is 0 Å². The van der Waals surface area contributed by atoms with E-state index in [0.29, 0.717) is 11.3 Å². The maximum atomic E-state index is 12.3. The molecule has 0 unspecified atom stereocenters. The molecule has 6 nitrogen and oxygen atoms in total. The average Bonchev–Trinajstić information content (AvgIpc) is 3.25. The molecule has 2 aromatic carbocycles. The topological polar surface area (TPSA) is 72.4 Å². The standard InChI is InChI=1S/C21H21N3O3/c1-2-16-8-3-4-11-19(16)27-15-20(25)22-23-21(26)17-9-7-10-18(14-17)24-12-5-6-13-24/h3-14H,2,15H2,1H3,(H,22,25)(H,23,26). The van der Waals surface area contributed by atoms with Crippen LogP contribution >= 0.6 is 0 Å². The molecule has 27 heavy (non-hydrogen) atoms. The number of carbonyl (C=O) groups is 2. The summed E-state index contributed by atoms with van der Waals surface area (Å²) in [5.41, 5.74) is 7.11. The van der Waals surface area contributed by atoms with Crippen LogP contribution in [0.15, 0.2) is 73.1 Å². The molecule has 0 fully saturated rings. The van der Waals surface area contributed by atoms with Crippen LogP contribution in [0.3, 0.4) is 0 Å². The number of rotatable bonds is 6. The number of para-hydroxylation sites is 1. The fourth-order valence-corrected chi connectivity index (χ4v) is 2.63. The SMILES string of the molecule is CCc1ccccc1OCC(=O)NNC(=O)c1cccc(-n2cccc2)c1. The number of aryl methyl sites for hydroxylation is 1. The predicted octanol–water partition coefficient (Wildman–Crippen LogP) is 2.88. The van der Waals surface area contributed by atoms with Gasteiger partial charge in [0.05, 0.1) is 0 Å². The molecule has 138 valence electrons. The highest BCUT2D eigenvalue weighted by Gasteiger charge is 2.10. The van der Waals surface area contributed by atoms with Gasteiger partial charge in [0.2, 0.25) is 0 Å². The normalized spacial score (nSPS) is 10.3. The van der Waals surface area contributed by atoms with Crippen LogP contribution in [-0.2, 0) is 11.2 Å². The maximum Gasteiger partial charge on any atom is 0.276 e. The summed E-state index contributed by atoms with van der Waals surface area (Å²) in [4.78, 5) is 24.2. The molecular weight excluding hydrogens is 342 g/mol. The second-order valence-corrected chi connectivity index (χ2v) is 5.89. The number of nitrogens with zero attached hydrogens (tertiary/aromatic N) is 1. The number of aromatic nitrogens is 1. The number of ether oxygens (including phenoxy) is 1. The number of benzene rings is 2. The molecule has 1 aromatic heterocycles. The van der Waals surface area contributed by atoms with Gasteiger partial charge >= 0.3 is 0 Å². The van der Waals surface area contributed by atoms with Gasteiger partial charge in [0.15, 0.2) is 6.61 Å². The Bertz CT molecular complexity index is 920. The first-order chi connectivity index (χ1) is 13.2. The molecule has 0 radical (unpaired) electrons. The van der Waals surface area contributed by atoms with Crippen molar-refractivity contribution in [2.75, 3.05) is 6.61 Å². The monoisotopic (exact) mass is 363 g/mol. The molecule has 2 amide bonds. The molecule has 0 aliphatic rings. The fraction of sp³-hybridized carbons (Fsp3) is 0.143. The Kier molecular flexibility index (Phi) is 5.89. The van der Waals surface area contributed by atoms with E-state index in [4.69, 9.17) is 4.74 Å². The largest absolute Gasteiger partial charge is 0.483 e. The van der Waals surface area contributed by atoms with E-state index in [1.165, 1.54) is 0 Å². The van der Waals surface area contributed by atoms with Crippen molar-refractivity contribution in [3.63, 3.8) is 0 Å². The number of nitrogens with one attached hydrogen (secondary N) is 2. The highest BCUT2D eigenvalue weighted by Crippen LogP contribution is 2.17. The van der Waals surface area contributed by atoms with Gasteiger partial charge in [-0.2, -0.15) is 0 Å². The van der Waals surface area contributed by atoms with Crippen molar-refractivity contribution in [2.45, 2.75) is 13.3 Å². The zero-order chi connectivity index (χ0) is 19.1. The molecule has 3 aromatic rings. The van der Waals surface area contributed by atoms with Crippen LogP contribution in [0, 0.1) is 0 Å². The van der Waals surface area contributed by atoms with E-state index in [1.54, 1.807) is 18.2 Å². The van der Waals surface area contributed by atoms with Gasteiger partial charge in [-0.3, -0.25) is 20.4 Å². The second-order valence-electron chi connectivity index (χ2n) is 5.89. The van der Waals surface area contributed by atoms with Crippen molar-refractivity contribution in [1.29, 1.82) is 0 Å². The van der Waals surface area contributed by atoms with E-state index in [9.17, 15) is 9.59 Å². The first kappa shape index (κ1) is 18.3. The smallest absolute Gasteiger partial charge is 0.276 e. The highest BCUT2D eigenvalue weighted by molar-refractivity contribution is 5.96. The van der Waals surface area contributed by atoms with Gasteiger partial charge in [-0.05, 0) is 48.4 Å². The van der Waals surface area contributed by atoms with Crippen LogP contribution in [0.1, 0.15) is 22.8 Å². The van der Waals surface area contributed by atoms with Crippen LogP contribution in [0.5, 0.6) is 5.75 Å². The lowest BCUT2D eigenvalue weighted by molar-refractivity contribution is -0.123. The molecule has 0 spiro atoms. The Morgan fingerprint density at radius 2 is 1.74 bits per heavy atom. The van der Waals surface area contributed by atoms with Crippen LogP contribution < -0.4 is 15.6 Å². The molecule has 3 rings (SSSR count). The molecular formula is C21H21N3O3. The molecule has 0 saturated carbocycles. The van der Waals surface area contributed by atoms with E-state index >= 15 is 0 Å². The van der Waals surface area contributed by atoms with E-state index in [2.05, 4.69) is 10.9 Å². The zero-order valence-corrected chi connectivity index (χ0v) is 15.0. The van der Waals surface area contributed by atoms with E-state index in [0.717, 1.165) is 17.7 Å². The molecule has 0 aliphatic heterocycles. The molecule has 1 heterocycles. The fourth-order valence-electron chi connectivity index (χ4n) is 2.63. The van der Waals surface area contributed by atoms with Gasteiger partial charge in [0, 0.05) is 23.6 Å². The van der Waals surface area contributed by atoms with Crippen LogP contribution in [0.25, 0.3) is 5.69 Å². The third-order valence-electron chi connectivity index (χ3n) is 4.04. The Labute approximate surface area is 157 Å². The molecule has 0 bridgehead atoms. The quantitative estimate of drug-likeness (QED) is 0.662. The molecule has 0 aliphatic carbocycles. The van der Waals surface area contributed by atoms with Gasteiger partial charge in [0.25, 0.3) is 11.8 Å². The predicted molar refractivity (Wildman–Crippen MR) is 103 cm³/mol. The lowest BCUT2D eigenvalue weighted by atomic mass is 10.1. The van der Waals surface area contributed by atoms with E-state index in [-0.39, 0.29) is 6.61 Å². The minimum Gasteiger partial charge on any atom is -0.483 e. The summed E-state index contributed by atoms with van der Waals surface area (Å²) in [6.07, 6.45) is 4.60. The summed E-state index contributed by atoms with van der Waals surface area (Å²) < 4.78 is 7.43. The van der Waals surface area contributed by atoms with E-state index < -0.39 is 11.8 Å². The van der Waals surface area contributed by atoms with E-state index in [1.807, 2.05) is 66.3 Å². The van der Waals surface area contributed by atoms with Gasteiger partial charge in [-0.15, -0.1) is 0 Å². The van der Waals surface area contributed by atoms with Crippen molar-refractivity contribution in [1.82, 2.24) is 15.4 Å². The number of carbonyl (C=O) groups excluding carboxylic acids is 2. The number of hydrogen-bond acceptors (Lipinski definition) is 3. The number of hydrazine groups is 1. The van der Waals surface area contributed by atoms with Gasteiger partial charge in [0.1, 0.15) is 5.75 Å². The van der Waals surface area contributed by atoms with Crippen molar-refractivity contribution >= 4 is 11.8 Å². The summed E-state index contributed by atoms with van der Waals surface area (Å²) in [5.74, 6) is -0.164. The van der Waals surface area contributed by atoms with Gasteiger partial charge < -0.3 is 9.30 Å². The molecule has 0 atom stereocenters. The maximum absolute atomic E-state index is 12.3. The lowest BCUT2D eigenvalue weighted by Gasteiger charge is -2.11. The summed E-state index contributed by atoms with van der Waals surface area (Å²) in [7, 11) is 0. The molecule has 6 heteroatoms. The first-order valence-corrected chi connectivity index (χ1v) is 8.70. The van der Waals surface area contributed by atoms with Crippen molar-refractivity contribution in [2.24, 2.45) is 0 Å². The van der Waals surface area contributed by atoms with Crippen molar-refractivity contribution in [3.8, 4) is 11.4 Å². The summed E-state index contributed by atoms with van der Waals surface area (Å²) in [6.45, 7) is 1.84. The average molecular weight is 363 g/mol. The Balaban J connectivity index is 1.53. The Hall–Kier alpha value is -3.54. The number of amides is 2. The first-order valence-electron chi connectivity index (χ1n) is 8.70. The van der Waals surface area contributed by atoms with Crippen molar-refractivity contribution < 1.29 is 14.3 Å². The summed E-state index contributed by atoms with van der Waals surface area (Å²) in [5, 5.41) is 0. The van der Waals surface area contributed by atoms with Crippen molar-refractivity contribution in [3.05, 3.63) is 84.2 Å². The van der Waals surface area contributed by atoms with Crippen LogP contribution in [-0.4, -0.2) is 23.0 Å². The second kappa shape index (κ2) is 8.71. The minimum absolute atomic E-state index is 0.180. The molecule has 0 saturated heterocycles. The zero-order valence-electron chi connectivity index (χ0n) is 15.0. The Morgan fingerprint density at radius 3 is 2.52 bits per heavy atom. The summed E-state index contributed by atoms with van der Waals surface area (Å²) in [6, 6.07) is 18.5. The van der Waals surface area contributed by atoms with Gasteiger partial charge in [-0.1, -0.05) is 31.2 Å². The molecule has 2 N–H and O–H groups in total. The third-order valence-corrected chi connectivity index (χ3v) is 4.04. The Morgan fingerprint density at radius 1 is 0.963 bits per heavy atom. The van der Waals surface area contributed by atoms with Crippen LogP contribution in [0.2, 0.25) is 0 Å². The summed E-state index contributed by atoms with van der Waals surface area (Å²) >= 11 is 0. The highest BCUT2D eigenvalue weighted by atomic mass is 16.5. The minimum atomic E-state index is -0.434. The lowest BCUT2D eigenvalue weighted by Crippen LogP contribution is -2.43. The third kappa shape index (κ3) is 4.76. The van der Waals surface area contributed by atoms with Gasteiger partial charge in [-0.25, -0.2) is 0 Å². The number of hydrogen-bond donors (Lipinski definition) is 2.